The molecule has 0 saturated carbocycles. The molecule has 7 heteroatoms. The van der Waals surface area contributed by atoms with Crippen LogP contribution < -0.4 is 10.6 Å². The molecular weight excluding hydrogens is 254 g/mol. The lowest BCUT2D eigenvalue weighted by atomic mass is 10.0. The fraction of sp³-hybridized carbons (Fsp3) is 0.545. The van der Waals surface area contributed by atoms with E-state index in [9.17, 15) is 9.59 Å². The summed E-state index contributed by atoms with van der Waals surface area (Å²) in [5, 5.41) is 16.0. The van der Waals surface area contributed by atoms with Crippen molar-refractivity contribution in [2.75, 3.05) is 6.54 Å². The maximum Gasteiger partial charge on any atom is 0.315 e. The number of carbonyl (C=O) groups excluding carboxylic acids is 1. The van der Waals surface area contributed by atoms with Crippen LogP contribution in [0.15, 0.2) is 10.9 Å². The number of hydrogen-bond donors (Lipinski definition) is 3. The van der Waals surface area contributed by atoms with Crippen LogP contribution >= 0.6 is 11.3 Å². The molecule has 0 aliphatic heterocycles. The molecule has 18 heavy (non-hydrogen) atoms. The van der Waals surface area contributed by atoms with E-state index in [4.69, 9.17) is 5.11 Å². The zero-order chi connectivity index (χ0) is 13.5. The summed E-state index contributed by atoms with van der Waals surface area (Å²) in [6.07, 6.45) is 0.666. The predicted molar refractivity (Wildman–Crippen MR) is 68.6 cm³/mol. The maximum atomic E-state index is 11.5. The standard InChI is InChI=1S/C11H17N3O3S/c1-7(10(15)16)8(2)14-11(17)12-4-3-9-5-18-6-13-9/h5-8H,3-4H2,1-2H3,(H,15,16)(H2,12,14,17). The lowest BCUT2D eigenvalue weighted by Crippen LogP contribution is -2.45. The van der Waals surface area contributed by atoms with Crippen LogP contribution in [0.4, 0.5) is 4.79 Å². The van der Waals surface area contributed by atoms with Crippen molar-refractivity contribution in [1.29, 1.82) is 0 Å². The molecule has 2 amide bonds. The minimum atomic E-state index is -0.926. The molecule has 1 aromatic rings. The van der Waals surface area contributed by atoms with Crippen molar-refractivity contribution in [2.45, 2.75) is 26.3 Å². The van der Waals surface area contributed by atoms with Gasteiger partial charge < -0.3 is 15.7 Å². The fourth-order valence-corrected chi connectivity index (χ4v) is 1.85. The highest BCUT2D eigenvalue weighted by molar-refractivity contribution is 7.07. The van der Waals surface area contributed by atoms with Gasteiger partial charge in [0, 0.05) is 24.4 Å². The third kappa shape index (κ3) is 4.70. The minimum Gasteiger partial charge on any atom is -0.481 e. The first-order valence-corrected chi connectivity index (χ1v) is 6.59. The summed E-state index contributed by atoms with van der Waals surface area (Å²) < 4.78 is 0. The zero-order valence-electron chi connectivity index (χ0n) is 10.3. The average molecular weight is 271 g/mol. The van der Waals surface area contributed by atoms with Crippen LogP contribution in [-0.4, -0.2) is 34.7 Å². The number of hydrogen-bond acceptors (Lipinski definition) is 4. The van der Waals surface area contributed by atoms with Crippen LogP contribution in [0.1, 0.15) is 19.5 Å². The molecule has 0 saturated heterocycles. The number of carboxylic acid groups (broad SMARTS) is 1. The van der Waals surface area contributed by atoms with Crippen LogP contribution in [0.5, 0.6) is 0 Å². The van der Waals surface area contributed by atoms with Crippen molar-refractivity contribution < 1.29 is 14.7 Å². The molecule has 1 aromatic heterocycles. The van der Waals surface area contributed by atoms with Crippen molar-refractivity contribution in [2.24, 2.45) is 5.92 Å². The second kappa shape index (κ2) is 6.95. The monoisotopic (exact) mass is 271 g/mol. The molecule has 0 spiro atoms. The van der Waals surface area contributed by atoms with Gasteiger partial charge in [0.1, 0.15) is 0 Å². The number of rotatable bonds is 6. The summed E-state index contributed by atoms with van der Waals surface area (Å²) in [7, 11) is 0. The lowest BCUT2D eigenvalue weighted by Gasteiger charge is -2.17. The Kier molecular flexibility index (Phi) is 5.57. The van der Waals surface area contributed by atoms with E-state index in [0.29, 0.717) is 13.0 Å². The van der Waals surface area contributed by atoms with Gasteiger partial charge in [0.15, 0.2) is 0 Å². The largest absolute Gasteiger partial charge is 0.481 e. The van der Waals surface area contributed by atoms with Crippen molar-refractivity contribution >= 4 is 23.3 Å². The molecule has 0 aromatic carbocycles. The van der Waals surface area contributed by atoms with Gasteiger partial charge in [-0.25, -0.2) is 9.78 Å². The average Bonchev–Trinajstić information content (AvgIpc) is 2.80. The Morgan fingerprint density at radius 1 is 1.50 bits per heavy atom. The van der Waals surface area contributed by atoms with Crippen LogP contribution in [0.2, 0.25) is 0 Å². The molecule has 3 N–H and O–H groups in total. The molecule has 0 aliphatic carbocycles. The molecule has 0 bridgehead atoms. The van der Waals surface area contributed by atoms with Crippen LogP contribution in [0.3, 0.4) is 0 Å². The Balaban J connectivity index is 2.23. The second-order valence-electron chi connectivity index (χ2n) is 4.05. The number of carboxylic acids is 1. The van der Waals surface area contributed by atoms with E-state index in [1.165, 1.54) is 11.3 Å². The Morgan fingerprint density at radius 3 is 2.78 bits per heavy atom. The topological polar surface area (TPSA) is 91.3 Å². The summed E-state index contributed by atoms with van der Waals surface area (Å²) >= 11 is 1.51. The van der Waals surface area contributed by atoms with Gasteiger partial charge >= 0.3 is 12.0 Å². The number of amides is 2. The van der Waals surface area contributed by atoms with Crippen molar-refractivity contribution in [3.63, 3.8) is 0 Å². The number of aromatic nitrogens is 1. The summed E-state index contributed by atoms with van der Waals surface area (Å²) in [6.45, 7) is 3.70. The Labute approximate surface area is 109 Å². The third-order valence-corrected chi connectivity index (χ3v) is 3.28. The molecule has 1 heterocycles. The Hall–Kier alpha value is -1.63. The normalized spacial score (nSPS) is 13.7. The van der Waals surface area contributed by atoms with Gasteiger partial charge in [-0.15, -0.1) is 11.3 Å². The van der Waals surface area contributed by atoms with Crippen LogP contribution in [0, 0.1) is 5.92 Å². The summed E-state index contributed by atoms with van der Waals surface area (Å²) in [5.74, 6) is -1.54. The van der Waals surface area contributed by atoms with Crippen molar-refractivity contribution in [3.8, 4) is 0 Å². The summed E-state index contributed by atoms with van der Waals surface area (Å²) in [4.78, 5) is 26.3. The number of carbonyl (C=O) groups is 2. The van der Waals surface area contributed by atoms with Gasteiger partial charge in [0.2, 0.25) is 0 Å². The molecule has 1 rings (SSSR count). The quantitative estimate of drug-likeness (QED) is 0.722. The highest BCUT2D eigenvalue weighted by Gasteiger charge is 2.20. The first-order chi connectivity index (χ1) is 8.50. The van der Waals surface area contributed by atoms with E-state index in [2.05, 4.69) is 15.6 Å². The molecule has 0 fully saturated rings. The van der Waals surface area contributed by atoms with E-state index < -0.39 is 17.9 Å². The molecular formula is C11H17N3O3S. The van der Waals surface area contributed by atoms with E-state index in [1.54, 1.807) is 19.4 Å². The van der Waals surface area contributed by atoms with Gasteiger partial charge in [-0.3, -0.25) is 4.79 Å². The highest BCUT2D eigenvalue weighted by atomic mass is 32.1. The number of aliphatic carboxylic acids is 1. The molecule has 0 radical (unpaired) electrons. The number of thiazole rings is 1. The SMILES string of the molecule is CC(NC(=O)NCCc1cscn1)C(C)C(=O)O. The predicted octanol–water partition coefficient (Wildman–Crippen LogP) is 1.09. The second-order valence-corrected chi connectivity index (χ2v) is 4.76. The van der Waals surface area contributed by atoms with Crippen LogP contribution in [0.25, 0.3) is 0 Å². The summed E-state index contributed by atoms with van der Waals surface area (Å²) in [6, 6.07) is -0.771. The van der Waals surface area contributed by atoms with E-state index in [1.807, 2.05) is 5.38 Å². The number of nitrogens with one attached hydrogen (secondary N) is 2. The van der Waals surface area contributed by atoms with Gasteiger partial charge in [-0.2, -0.15) is 0 Å². The highest BCUT2D eigenvalue weighted by Crippen LogP contribution is 2.02. The summed E-state index contributed by atoms with van der Waals surface area (Å²) in [5.41, 5.74) is 2.68. The molecule has 6 nitrogen and oxygen atoms in total. The molecule has 100 valence electrons. The minimum absolute atomic E-state index is 0.356. The number of urea groups is 1. The van der Waals surface area contributed by atoms with Gasteiger partial charge in [-0.05, 0) is 13.8 Å². The first kappa shape index (κ1) is 14.4. The van der Waals surface area contributed by atoms with Crippen molar-refractivity contribution in [3.05, 3.63) is 16.6 Å². The molecule has 2 atom stereocenters. The maximum absolute atomic E-state index is 11.5. The van der Waals surface area contributed by atoms with Gasteiger partial charge in [-0.1, -0.05) is 0 Å². The molecule has 0 aliphatic rings. The lowest BCUT2D eigenvalue weighted by molar-refractivity contribution is -0.141. The van der Waals surface area contributed by atoms with Gasteiger partial charge in [0.25, 0.3) is 0 Å². The zero-order valence-corrected chi connectivity index (χ0v) is 11.2. The van der Waals surface area contributed by atoms with E-state index in [-0.39, 0.29) is 6.03 Å². The third-order valence-electron chi connectivity index (χ3n) is 2.65. The number of nitrogens with zero attached hydrogens (tertiary/aromatic N) is 1. The van der Waals surface area contributed by atoms with Gasteiger partial charge in [0.05, 0.1) is 17.1 Å². The van der Waals surface area contributed by atoms with Crippen molar-refractivity contribution in [1.82, 2.24) is 15.6 Å². The van der Waals surface area contributed by atoms with E-state index >= 15 is 0 Å². The Bertz CT molecular complexity index is 394. The smallest absolute Gasteiger partial charge is 0.315 e. The molecule has 2 unspecified atom stereocenters. The first-order valence-electron chi connectivity index (χ1n) is 5.65. The van der Waals surface area contributed by atoms with E-state index in [0.717, 1.165) is 5.69 Å². The fourth-order valence-electron chi connectivity index (χ4n) is 1.26. The Morgan fingerprint density at radius 2 is 2.22 bits per heavy atom. The van der Waals surface area contributed by atoms with Crippen LogP contribution in [-0.2, 0) is 11.2 Å².